The first-order chi connectivity index (χ1) is 8.22. The molecule has 1 unspecified atom stereocenters. The Morgan fingerprint density at radius 1 is 1.28 bits per heavy atom. The standard InChI is InChI=1S/C13H20N2O3/c1-12(2,3)7-15-8-13(6-10(15)17)5-4-9(16)14-11(13)18/h4-8H2,1-3H3,(H,14,16,18). The van der Waals surface area contributed by atoms with Crippen LogP contribution in [0.3, 0.4) is 0 Å². The Hall–Kier alpha value is -1.39. The van der Waals surface area contributed by atoms with Crippen LogP contribution in [0.2, 0.25) is 0 Å². The first kappa shape index (κ1) is 13.1. The summed E-state index contributed by atoms with van der Waals surface area (Å²) >= 11 is 0. The Balaban J connectivity index is 2.12. The number of piperidine rings is 1. The van der Waals surface area contributed by atoms with Crippen molar-refractivity contribution < 1.29 is 14.4 Å². The minimum absolute atomic E-state index is 0.0160. The maximum Gasteiger partial charge on any atom is 0.235 e. The van der Waals surface area contributed by atoms with Crippen LogP contribution < -0.4 is 5.32 Å². The topological polar surface area (TPSA) is 66.5 Å². The SMILES string of the molecule is CC(C)(C)CN1CC2(CCC(=O)NC2=O)CC1=O. The van der Waals surface area contributed by atoms with Crippen molar-refractivity contribution in [1.82, 2.24) is 10.2 Å². The van der Waals surface area contributed by atoms with E-state index in [1.54, 1.807) is 4.90 Å². The van der Waals surface area contributed by atoms with E-state index >= 15 is 0 Å². The summed E-state index contributed by atoms with van der Waals surface area (Å²) in [7, 11) is 0. The van der Waals surface area contributed by atoms with Gasteiger partial charge in [-0.1, -0.05) is 20.8 Å². The molecule has 2 aliphatic heterocycles. The average molecular weight is 252 g/mol. The fourth-order valence-corrected chi connectivity index (χ4v) is 2.73. The molecule has 1 N–H and O–H groups in total. The van der Waals surface area contributed by atoms with Gasteiger partial charge in [-0.3, -0.25) is 19.7 Å². The molecule has 0 radical (unpaired) electrons. The van der Waals surface area contributed by atoms with Crippen LogP contribution in [0.5, 0.6) is 0 Å². The third kappa shape index (κ3) is 2.40. The number of imide groups is 1. The molecule has 1 spiro atoms. The molecule has 0 aromatic rings. The summed E-state index contributed by atoms with van der Waals surface area (Å²) in [6.07, 6.45) is 1.06. The quantitative estimate of drug-likeness (QED) is 0.698. The van der Waals surface area contributed by atoms with Gasteiger partial charge in [0.05, 0.1) is 5.41 Å². The lowest BCUT2D eigenvalue weighted by Gasteiger charge is -2.32. The fraction of sp³-hybridized carbons (Fsp3) is 0.769. The third-order valence-corrected chi connectivity index (χ3v) is 3.57. The Morgan fingerprint density at radius 2 is 1.94 bits per heavy atom. The van der Waals surface area contributed by atoms with Crippen LogP contribution in [-0.4, -0.2) is 35.7 Å². The van der Waals surface area contributed by atoms with E-state index in [0.29, 0.717) is 25.9 Å². The highest BCUT2D eigenvalue weighted by molar-refractivity contribution is 6.03. The van der Waals surface area contributed by atoms with Crippen molar-refractivity contribution in [3.05, 3.63) is 0 Å². The molecule has 5 nitrogen and oxygen atoms in total. The van der Waals surface area contributed by atoms with Gasteiger partial charge < -0.3 is 4.90 Å². The number of hydrogen-bond acceptors (Lipinski definition) is 3. The van der Waals surface area contributed by atoms with Gasteiger partial charge in [0.2, 0.25) is 17.7 Å². The van der Waals surface area contributed by atoms with Gasteiger partial charge in [0, 0.05) is 25.9 Å². The lowest BCUT2D eigenvalue weighted by molar-refractivity contribution is -0.142. The molecule has 0 bridgehead atoms. The Labute approximate surface area is 107 Å². The normalized spacial score (nSPS) is 29.1. The van der Waals surface area contributed by atoms with E-state index in [-0.39, 0.29) is 29.6 Å². The molecule has 0 aliphatic carbocycles. The number of amides is 3. The molecule has 18 heavy (non-hydrogen) atoms. The molecular formula is C13H20N2O3. The van der Waals surface area contributed by atoms with Gasteiger partial charge in [-0.05, 0) is 11.8 Å². The predicted molar refractivity (Wildman–Crippen MR) is 65.5 cm³/mol. The number of hydrogen-bond donors (Lipinski definition) is 1. The molecule has 100 valence electrons. The minimum Gasteiger partial charge on any atom is -0.341 e. The van der Waals surface area contributed by atoms with Gasteiger partial charge in [-0.25, -0.2) is 0 Å². The van der Waals surface area contributed by atoms with Crippen LogP contribution in [0.1, 0.15) is 40.0 Å². The van der Waals surface area contributed by atoms with Gasteiger partial charge in [-0.15, -0.1) is 0 Å². The fourth-order valence-electron chi connectivity index (χ4n) is 2.73. The molecule has 2 fully saturated rings. The highest BCUT2D eigenvalue weighted by atomic mass is 16.2. The lowest BCUT2D eigenvalue weighted by atomic mass is 9.79. The number of carbonyl (C=O) groups excluding carboxylic acids is 3. The zero-order valence-corrected chi connectivity index (χ0v) is 11.2. The average Bonchev–Trinajstić information content (AvgIpc) is 2.50. The summed E-state index contributed by atoms with van der Waals surface area (Å²) < 4.78 is 0. The lowest BCUT2D eigenvalue weighted by Crippen LogP contribution is -2.50. The van der Waals surface area contributed by atoms with Crippen LogP contribution in [-0.2, 0) is 14.4 Å². The second-order valence-corrected chi connectivity index (χ2v) is 6.64. The smallest absolute Gasteiger partial charge is 0.235 e. The van der Waals surface area contributed by atoms with Crippen molar-refractivity contribution in [2.75, 3.05) is 13.1 Å². The zero-order chi connectivity index (χ0) is 13.6. The van der Waals surface area contributed by atoms with Crippen LogP contribution in [0.25, 0.3) is 0 Å². The zero-order valence-electron chi connectivity index (χ0n) is 11.2. The predicted octanol–water partition coefficient (Wildman–Crippen LogP) is 0.688. The molecule has 0 aromatic carbocycles. The van der Waals surface area contributed by atoms with E-state index < -0.39 is 5.41 Å². The third-order valence-electron chi connectivity index (χ3n) is 3.57. The first-order valence-electron chi connectivity index (χ1n) is 6.34. The summed E-state index contributed by atoms with van der Waals surface area (Å²) in [5.74, 6) is -0.481. The Bertz CT molecular complexity index is 411. The maximum atomic E-state index is 12.0. The second kappa shape index (κ2) is 4.07. The van der Waals surface area contributed by atoms with Crippen molar-refractivity contribution in [3.63, 3.8) is 0 Å². The molecule has 2 saturated heterocycles. The number of carbonyl (C=O) groups is 3. The number of nitrogens with one attached hydrogen (secondary N) is 1. The molecule has 0 saturated carbocycles. The van der Waals surface area contributed by atoms with E-state index in [4.69, 9.17) is 0 Å². The second-order valence-electron chi connectivity index (χ2n) is 6.64. The maximum absolute atomic E-state index is 12.0. The molecule has 0 aromatic heterocycles. The molecule has 5 heteroatoms. The van der Waals surface area contributed by atoms with E-state index in [0.717, 1.165) is 0 Å². The molecule has 2 rings (SSSR count). The summed E-state index contributed by atoms with van der Waals surface area (Å²) in [6, 6.07) is 0. The van der Waals surface area contributed by atoms with Crippen molar-refractivity contribution in [1.29, 1.82) is 0 Å². The van der Waals surface area contributed by atoms with Gasteiger partial charge in [0.15, 0.2) is 0 Å². The van der Waals surface area contributed by atoms with Crippen LogP contribution in [0, 0.1) is 10.8 Å². The number of rotatable bonds is 1. The number of nitrogens with zero attached hydrogens (tertiary/aromatic N) is 1. The number of likely N-dealkylation sites (tertiary alicyclic amines) is 1. The largest absolute Gasteiger partial charge is 0.341 e. The Morgan fingerprint density at radius 3 is 2.50 bits per heavy atom. The van der Waals surface area contributed by atoms with Crippen LogP contribution in [0.15, 0.2) is 0 Å². The van der Waals surface area contributed by atoms with E-state index in [1.807, 2.05) is 0 Å². The molecular weight excluding hydrogens is 232 g/mol. The summed E-state index contributed by atoms with van der Waals surface area (Å²) in [4.78, 5) is 36.9. The van der Waals surface area contributed by atoms with E-state index in [1.165, 1.54) is 0 Å². The minimum atomic E-state index is -0.670. The van der Waals surface area contributed by atoms with Gasteiger partial charge >= 0.3 is 0 Å². The highest BCUT2D eigenvalue weighted by Gasteiger charge is 2.51. The van der Waals surface area contributed by atoms with Gasteiger partial charge in [0.25, 0.3) is 0 Å². The van der Waals surface area contributed by atoms with Gasteiger partial charge in [-0.2, -0.15) is 0 Å². The summed E-state index contributed by atoms with van der Waals surface area (Å²) in [5.41, 5.74) is -0.654. The van der Waals surface area contributed by atoms with Crippen molar-refractivity contribution in [3.8, 4) is 0 Å². The van der Waals surface area contributed by atoms with Crippen molar-refractivity contribution in [2.45, 2.75) is 40.0 Å². The monoisotopic (exact) mass is 252 g/mol. The van der Waals surface area contributed by atoms with E-state index in [2.05, 4.69) is 26.1 Å². The van der Waals surface area contributed by atoms with Crippen LogP contribution >= 0.6 is 0 Å². The van der Waals surface area contributed by atoms with Gasteiger partial charge in [0.1, 0.15) is 0 Å². The summed E-state index contributed by atoms with van der Waals surface area (Å²) in [6.45, 7) is 7.29. The van der Waals surface area contributed by atoms with Crippen molar-refractivity contribution in [2.24, 2.45) is 10.8 Å². The molecule has 2 heterocycles. The summed E-state index contributed by atoms with van der Waals surface area (Å²) in [5, 5.41) is 2.36. The first-order valence-corrected chi connectivity index (χ1v) is 6.34. The highest BCUT2D eigenvalue weighted by Crippen LogP contribution is 2.39. The Kier molecular flexibility index (Phi) is 2.95. The molecule has 1 atom stereocenters. The molecule has 3 amide bonds. The van der Waals surface area contributed by atoms with Crippen LogP contribution in [0.4, 0.5) is 0 Å². The van der Waals surface area contributed by atoms with E-state index in [9.17, 15) is 14.4 Å². The van der Waals surface area contributed by atoms with Crippen molar-refractivity contribution >= 4 is 17.7 Å². The molecule has 2 aliphatic rings.